The van der Waals surface area contributed by atoms with Crippen LogP contribution in [-0.2, 0) is 0 Å². The quantitative estimate of drug-likeness (QED) is 0.598. The summed E-state index contributed by atoms with van der Waals surface area (Å²) in [6, 6.07) is 0.181. The summed E-state index contributed by atoms with van der Waals surface area (Å²) in [6.45, 7) is 2.09. The second kappa shape index (κ2) is 4.83. The molecule has 1 aliphatic carbocycles. The number of allylic oxidation sites excluding steroid dienone is 2. The van der Waals surface area contributed by atoms with Crippen LogP contribution in [-0.4, -0.2) is 14.8 Å². The van der Waals surface area contributed by atoms with E-state index in [9.17, 15) is 4.79 Å². The minimum absolute atomic E-state index is 0.181. The minimum atomic E-state index is -0.444. The highest BCUT2D eigenvalue weighted by Crippen LogP contribution is 2.28. The van der Waals surface area contributed by atoms with E-state index in [0.717, 1.165) is 12.8 Å². The lowest BCUT2D eigenvalue weighted by Gasteiger charge is -2.21. The van der Waals surface area contributed by atoms with Gasteiger partial charge in [0.1, 0.15) is 5.69 Å². The van der Waals surface area contributed by atoms with Crippen molar-refractivity contribution in [1.82, 2.24) is 9.55 Å². The van der Waals surface area contributed by atoms with E-state index in [0.29, 0.717) is 5.69 Å². The molecule has 1 aromatic heterocycles. The third-order valence-corrected chi connectivity index (χ3v) is 3.34. The Morgan fingerprint density at radius 2 is 2.38 bits per heavy atom. The molecule has 0 saturated heterocycles. The van der Waals surface area contributed by atoms with Gasteiger partial charge in [-0.15, -0.1) is 0 Å². The summed E-state index contributed by atoms with van der Waals surface area (Å²) >= 11 is 5.51. The summed E-state index contributed by atoms with van der Waals surface area (Å²) in [5.41, 5.74) is 1.85. The van der Waals surface area contributed by atoms with Crippen LogP contribution in [0.4, 0.5) is 0 Å². The Morgan fingerprint density at radius 1 is 1.56 bits per heavy atom. The van der Waals surface area contributed by atoms with E-state index in [-0.39, 0.29) is 6.04 Å². The van der Waals surface area contributed by atoms with E-state index in [1.165, 1.54) is 24.6 Å². The number of rotatable bonds is 3. The van der Waals surface area contributed by atoms with Crippen LogP contribution in [0.3, 0.4) is 0 Å². The van der Waals surface area contributed by atoms with Crippen LogP contribution in [0.15, 0.2) is 24.2 Å². The Labute approximate surface area is 100 Å². The second-order valence-corrected chi connectivity index (χ2v) is 4.50. The van der Waals surface area contributed by atoms with Crippen LogP contribution in [0, 0.1) is 0 Å². The number of halogens is 1. The molecule has 0 N–H and O–H groups in total. The average Bonchev–Trinajstić information content (AvgIpc) is 2.78. The lowest BCUT2D eigenvalue weighted by atomic mass is 9.94. The SMILES string of the molecule is C[C@H](C1=CCCCC1)n1cncc1C(=O)Cl. The minimum Gasteiger partial charge on any atom is -0.320 e. The molecule has 1 aromatic rings. The van der Waals surface area contributed by atoms with Gasteiger partial charge < -0.3 is 4.57 Å². The van der Waals surface area contributed by atoms with Crippen molar-refractivity contribution >= 4 is 16.8 Å². The Bertz CT molecular complexity index is 422. The van der Waals surface area contributed by atoms with E-state index in [4.69, 9.17) is 11.6 Å². The molecule has 3 nitrogen and oxygen atoms in total. The van der Waals surface area contributed by atoms with Gasteiger partial charge in [0.2, 0.25) is 0 Å². The molecule has 0 amide bonds. The molecule has 86 valence electrons. The summed E-state index contributed by atoms with van der Waals surface area (Å²) in [7, 11) is 0. The zero-order chi connectivity index (χ0) is 11.5. The molecule has 4 heteroatoms. The van der Waals surface area contributed by atoms with Gasteiger partial charge in [0.05, 0.1) is 18.6 Å². The van der Waals surface area contributed by atoms with Gasteiger partial charge in [-0.05, 0) is 44.2 Å². The molecule has 0 fully saturated rings. The lowest BCUT2D eigenvalue weighted by molar-refractivity contribution is 0.107. The fourth-order valence-electron chi connectivity index (χ4n) is 2.19. The normalized spacial score (nSPS) is 18.0. The van der Waals surface area contributed by atoms with Crippen LogP contribution in [0.25, 0.3) is 0 Å². The van der Waals surface area contributed by atoms with E-state index in [1.54, 1.807) is 6.33 Å². The van der Waals surface area contributed by atoms with Crippen molar-refractivity contribution in [3.63, 3.8) is 0 Å². The molecule has 0 aromatic carbocycles. The number of carbonyl (C=O) groups is 1. The monoisotopic (exact) mass is 238 g/mol. The van der Waals surface area contributed by atoms with E-state index in [1.807, 2.05) is 4.57 Å². The van der Waals surface area contributed by atoms with Crippen LogP contribution in [0.5, 0.6) is 0 Å². The summed E-state index contributed by atoms with van der Waals surface area (Å²) in [5, 5.41) is -0.444. The zero-order valence-corrected chi connectivity index (χ0v) is 10.1. The number of hydrogen-bond acceptors (Lipinski definition) is 2. The maximum absolute atomic E-state index is 11.2. The van der Waals surface area contributed by atoms with Crippen molar-refractivity contribution < 1.29 is 4.79 Å². The molecular weight excluding hydrogens is 224 g/mol. The topological polar surface area (TPSA) is 34.9 Å². The Balaban J connectivity index is 2.26. The molecular formula is C12H15ClN2O. The Morgan fingerprint density at radius 3 is 3.00 bits per heavy atom. The van der Waals surface area contributed by atoms with E-state index in [2.05, 4.69) is 18.0 Å². The van der Waals surface area contributed by atoms with Crippen molar-refractivity contribution in [2.45, 2.75) is 38.6 Å². The first kappa shape index (κ1) is 11.4. The van der Waals surface area contributed by atoms with Crippen molar-refractivity contribution in [3.8, 4) is 0 Å². The van der Waals surface area contributed by atoms with Gasteiger partial charge in [-0.1, -0.05) is 11.6 Å². The third-order valence-electron chi connectivity index (χ3n) is 3.15. The first-order valence-electron chi connectivity index (χ1n) is 5.60. The maximum atomic E-state index is 11.2. The highest BCUT2D eigenvalue weighted by molar-refractivity contribution is 6.67. The number of hydrogen-bond donors (Lipinski definition) is 0. The molecule has 0 unspecified atom stereocenters. The summed E-state index contributed by atoms with van der Waals surface area (Å²) in [5.74, 6) is 0. The number of carbonyl (C=O) groups excluding carboxylic acids is 1. The van der Waals surface area contributed by atoms with Crippen molar-refractivity contribution in [2.24, 2.45) is 0 Å². The molecule has 0 radical (unpaired) electrons. The molecule has 1 atom stereocenters. The first-order valence-corrected chi connectivity index (χ1v) is 5.98. The molecule has 0 saturated carbocycles. The van der Waals surface area contributed by atoms with Crippen molar-refractivity contribution in [2.75, 3.05) is 0 Å². The molecule has 0 spiro atoms. The summed E-state index contributed by atoms with van der Waals surface area (Å²) in [6.07, 6.45) is 10.2. The smallest absolute Gasteiger partial charge is 0.270 e. The lowest BCUT2D eigenvalue weighted by Crippen LogP contribution is -2.13. The van der Waals surface area contributed by atoms with E-state index >= 15 is 0 Å². The Kier molecular flexibility index (Phi) is 3.44. The fraction of sp³-hybridized carbons (Fsp3) is 0.500. The molecule has 0 aliphatic heterocycles. The number of nitrogens with zero attached hydrogens (tertiary/aromatic N) is 2. The molecule has 0 bridgehead atoms. The highest BCUT2D eigenvalue weighted by Gasteiger charge is 2.18. The van der Waals surface area contributed by atoms with Crippen molar-refractivity contribution in [1.29, 1.82) is 0 Å². The van der Waals surface area contributed by atoms with Gasteiger partial charge in [0, 0.05) is 0 Å². The average molecular weight is 239 g/mol. The standard InChI is InChI=1S/C12H15ClN2O/c1-9(10-5-3-2-4-6-10)15-8-14-7-11(15)12(13)16/h5,7-9H,2-4,6H2,1H3/t9-/m1/s1. The Hall–Kier alpha value is -1.09. The molecule has 2 rings (SSSR count). The summed E-state index contributed by atoms with van der Waals surface area (Å²) in [4.78, 5) is 15.2. The summed E-state index contributed by atoms with van der Waals surface area (Å²) < 4.78 is 1.85. The van der Waals surface area contributed by atoms with Crippen LogP contribution in [0.2, 0.25) is 0 Å². The largest absolute Gasteiger partial charge is 0.320 e. The molecule has 1 aliphatic rings. The second-order valence-electron chi connectivity index (χ2n) is 4.16. The van der Waals surface area contributed by atoms with Crippen LogP contribution >= 0.6 is 11.6 Å². The van der Waals surface area contributed by atoms with Gasteiger partial charge in [-0.2, -0.15) is 0 Å². The molecule has 1 heterocycles. The van der Waals surface area contributed by atoms with Gasteiger partial charge in [0.15, 0.2) is 0 Å². The van der Waals surface area contributed by atoms with Gasteiger partial charge in [-0.3, -0.25) is 4.79 Å². The zero-order valence-electron chi connectivity index (χ0n) is 9.32. The fourth-order valence-corrected chi connectivity index (χ4v) is 2.33. The maximum Gasteiger partial charge on any atom is 0.270 e. The molecule has 16 heavy (non-hydrogen) atoms. The predicted molar refractivity (Wildman–Crippen MR) is 63.7 cm³/mol. The number of aromatic nitrogens is 2. The van der Waals surface area contributed by atoms with E-state index < -0.39 is 5.24 Å². The van der Waals surface area contributed by atoms with Gasteiger partial charge >= 0.3 is 0 Å². The first-order chi connectivity index (χ1) is 7.70. The predicted octanol–water partition coefficient (Wildman–Crippen LogP) is 3.32. The van der Waals surface area contributed by atoms with Crippen LogP contribution in [0.1, 0.15) is 49.1 Å². The van der Waals surface area contributed by atoms with Crippen molar-refractivity contribution in [3.05, 3.63) is 29.9 Å². The van der Waals surface area contributed by atoms with Gasteiger partial charge in [0.25, 0.3) is 5.24 Å². The number of imidazole rings is 1. The third kappa shape index (κ3) is 2.19. The van der Waals surface area contributed by atoms with Crippen LogP contribution < -0.4 is 0 Å². The van der Waals surface area contributed by atoms with Gasteiger partial charge in [-0.25, -0.2) is 4.98 Å². The highest BCUT2D eigenvalue weighted by atomic mass is 35.5.